The second kappa shape index (κ2) is 8.20. The molecule has 0 radical (unpaired) electrons. The molecule has 1 N–H and O–H groups in total. The van der Waals surface area contributed by atoms with Crippen LogP contribution in [0.25, 0.3) is 22.8 Å². The molecule has 3 rings (SSSR count). The first kappa shape index (κ1) is 18.9. The van der Waals surface area contributed by atoms with Gasteiger partial charge in [0.1, 0.15) is 11.5 Å². The van der Waals surface area contributed by atoms with Gasteiger partial charge < -0.3 is 19.1 Å². The summed E-state index contributed by atoms with van der Waals surface area (Å²) >= 11 is 6.90. The van der Waals surface area contributed by atoms with E-state index in [1.54, 1.807) is 14.2 Å². The lowest BCUT2D eigenvalue weighted by atomic mass is 10.1. The van der Waals surface area contributed by atoms with E-state index < -0.39 is 0 Å². The second-order valence-electron chi connectivity index (χ2n) is 5.42. The van der Waals surface area contributed by atoms with Crippen LogP contribution in [0, 0.1) is 0 Å². The molecule has 0 aliphatic rings. The quantitative estimate of drug-likeness (QED) is 0.571. The molecule has 0 bridgehead atoms. The minimum Gasteiger partial charge on any atom is -0.496 e. The van der Waals surface area contributed by atoms with E-state index in [0.29, 0.717) is 29.7 Å². The zero-order valence-corrected chi connectivity index (χ0v) is 17.4. The highest BCUT2D eigenvalue weighted by Crippen LogP contribution is 2.33. The van der Waals surface area contributed by atoms with Gasteiger partial charge in [-0.3, -0.25) is 0 Å². The lowest BCUT2D eigenvalue weighted by Crippen LogP contribution is -2.06. The summed E-state index contributed by atoms with van der Waals surface area (Å²) in [7, 11) is 3.23. The van der Waals surface area contributed by atoms with Crippen LogP contribution in [0.4, 0.5) is 0 Å². The molecule has 0 aliphatic heterocycles. The van der Waals surface area contributed by atoms with E-state index in [1.807, 2.05) is 41.0 Å². The topological polar surface area (TPSA) is 69.4 Å². The molecule has 0 unspecified atom stereocenters. The van der Waals surface area contributed by atoms with Crippen molar-refractivity contribution in [1.29, 1.82) is 0 Å². The Bertz CT molecular complexity index is 857. The molecule has 0 fully saturated rings. The first-order valence-corrected chi connectivity index (χ1v) is 9.39. The van der Waals surface area contributed by atoms with Crippen molar-refractivity contribution in [1.82, 2.24) is 14.8 Å². The predicted molar refractivity (Wildman–Crippen MR) is 106 cm³/mol. The molecule has 3 aromatic rings. The number of hydrogen-bond donors (Lipinski definition) is 1. The lowest BCUT2D eigenvalue weighted by molar-refractivity contribution is 0.277. The van der Waals surface area contributed by atoms with Gasteiger partial charge in [0.25, 0.3) is 0 Å². The molecule has 6 nitrogen and oxygen atoms in total. The fourth-order valence-corrected chi connectivity index (χ4v) is 3.46. The molecule has 2 aromatic carbocycles. The van der Waals surface area contributed by atoms with Crippen molar-refractivity contribution in [3.05, 3.63) is 45.3 Å². The Kier molecular flexibility index (Phi) is 5.95. The summed E-state index contributed by atoms with van der Waals surface area (Å²) in [6.07, 6.45) is 0. The summed E-state index contributed by atoms with van der Waals surface area (Å²) in [5, 5.41) is 18.2. The van der Waals surface area contributed by atoms with Gasteiger partial charge in [-0.05, 0) is 68.3 Å². The van der Waals surface area contributed by atoms with Gasteiger partial charge in [0.2, 0.25) is 0 Å². The van der Waals surface area contributed by atoms with E-state index in [4.69, 9.17) is 9.47 Å². The third-order valence-electron chi connectivity index (χ3n) is 3.89. The van der Waals surface area contributed by atoms with Gasteiger partial charge in [-0.25, -0.2) is 0 Å². The fraction of sp³-hybridized carbons (Fsp3) is 0.222. The van der Waals surface area contributed by atoms with E-state index in [9.17, 15) is 5.11 Å². The fourth-order valence-electron chi connectivity index (χ4n) is 2.64. The average molecular weight is 483 g/mol. The van der Waals surface area contributed by atoms with Crippen LogP contribution < -0.4 is 9.47 Å². The van der Waals surface area contributed by atoms with Gasteiger partial charge in [-0.2, -0.15) is 0 Å². The molecule has 0 saturated carbocycles. The van der Waals surface area contributed by atoms with Crippen LogP contribution in [0.2, 0.25) is 0 Å². The number of aliphatic hydroxyl groups is 1. The Morgan fingerprint density at radius 1 is 0.885 bits per heavy atom. The first-order chi connectivity index (χ1) is 12.6. The van der Waals surface area contributed by atoms with E-state index in [-0.39, 0.29) is 6.61 Å². The minimum absolute atomic E-state index is 0.0284. The largest absolute Gasteiger partial charge is 0.496 e. The van der Waals surface area contributed by atoms with Crippen LogP contribution in [0.1, 0.15) is 0 Å². The van der Waals surface area contributed by atoms with Crippen LogP contribution in [-0.2, 0) is 6.54 Å². The Hall–Kier alpha value is -1.90. The predicted octanol–water partition coefficient (Wildman–Crippen LogP) is 4.15. The molecule has 1 aromatic heterocycles. The van der Waals surface area contributed by atoms with Crippen LogP contribution in [-0.4, -0.2) is 40.7 Å². The number of hydrogen-bond acceptors (Lipinski definition) is 5. The van der Waals surface area contributed by atoms with Crippen molar-refractivity contribution in [3.8, 4) is 34.3 Å². The maximum Gasteiger partial charge on any atom is 0.164 e. The van der Waals surface area contributed by atoms with Gasteiger partial charge >= 0.3 is 0 Å². The van der Waals surface area contributed by atoms with Crippen LogP contribution >= 0.6 is 31.9 Å². The molecule has 26 heavy (non-hydrogen) atoms. The smallest absolute Gasteiger partial charge is 0.164 e. The van der Waals surface area contributed by atoms with Gasteiger partial charge in [-0.1, -0.05) is 0 Å². The van der Waals surface area contributed by atoms with Crippen molar-refractivity contribution in [2.45, 2.75) is 6.54 Å². The maximum absolute atomic E-state index is 9.53. The van der Waals surface area contributed by atoms with Gasteiger partial charge in [0.05, 0.1) is 29.8 Å². The lowest BCUT2D eigenvalue weighted by Gasteiger charge is -2.11. The monoisotopic (exact) mass is 481 g/mol. The van der Waals surface area contributed by atoms with Gasteiger partial charge in [0, 0.05) is 17.7 Å². The van der Waals surface area contributed by atoms with Crippen LogP contribution in [0.3, 0.4) is 0 Å². The Labute approximate surface area is 168 Å². The molecule has 8 heteroatoms. The molecule has 1 heterocycles. The zero-order valence-electron chi connectivity index (χ0n) is 14.2. The van der Waals surface area contributed by atoms with Crippen LogP contribution in [0.15, 0.2) is 45.3 Å². The highest BCUT2D eigenvalue weighted by atomic mass is 79.9. The van der Waals surface area contributed by atoms with Crippen molar-refractivity contribution >= 4 is 31.9 Å². The number of rotatable bonds is 6. The third-order valence-corrected chi connectivity index (χ3v) is 5.20. The molecule has 0 spiro atoms. The molecule has 136 valence electrons. The molecule has 0 amide bonds. The number of aliphatic hydroxyl groups excluding tert-OH is 1. The highest BCUT2D eigenvalue weighted by Gasteiger charge is 2.17. The van der Waals surface area contributed by atoms with Crippen LogP contribution in [0.5, 0.6) is 11.5 Å². The standard InChI is InChI=1S/C18H17Br2N3O3/c1-25-15-9-11(3-5-13(15)19)17-21-22-18(23(17)7-8-24)12-4-6-14(20)16(10-12)26-2/h3-6,9-10,24H,7-8H2,1-2H3. The average Bonchev–Trinajstić information content (AvgIpc) is 3.06. The van der Waals surface area contributed by atoms with Crippen molar-refractivity contribution in [3.63, 3.8) is 0 Å². The summed E-state index contributed by atoms with van der Waals surface area (Å²) in [6.45, 7) is 0.341. The summed E-state index contributed by atoms with van der Waals surface area (Å²) in [4.78, 5) is 0. The number of halogens is 2. The van der Waals surface area contributed by atoms with Crippen molar-refractivity contribution < 1.29 is 14.6 Å². The summed E-state index contributed by atoms with van der Waals surface area (Å²) in [5.74, 6) is 2.71. The molecular formula is C18H17Br2N3O3. The van der Waals surface area contributed by atoms with Gasteiger partial charge in [-0.15, -0.1) is 10.2 Å². The third kappa shape index (κ3) is 3.62. The Balaban J connectivity index is 2.12. The number of benzene rings is 2. The normalized spacial score (nSPS) is 10.8. The van der Waals surface area contributed by atoms with Crippen molar-refractivity contribution in [2.24, 2.45) is 0 Å². The van der Waals surface area contributed by atoms with E-state index in [1.165, 1.54) is 0 Å². The maximum atomic E-state index is 9.53. The highest BCUT2D eigenvalue weighted by molar-refractivity contribution is 9.10. The molecule has 0 atom stereocenters. The number of nitrogens with zero attached hydrogens (tertiary/aromatic N) is 3. The van der Waals surface area contributed by atoms with Gasteiger partial charge in [0.15, 0.2) is 11.6 Å². The first-order valence-electron chi connectivity index (χ1n) is 7.81. The summed E-state index contributed by atoms with van der Waals surface area (Å²) in [6, 6.07) is 11.4. The SMILES string of the molecule is COc1cc(-c2nnc(-c3ccc(Br)c(OC)c3)n2CCO)ccc1Br. The number of ether oxygens (including phenoxy) is 2. The molecular weight excluding hydrogens is 466 g/mol. The number of methoxy groups -OCH3 is 2. The molecule has 0 aliphatic carbocycles. The minimum atomic E-state index is -0.0284. The zero-order chi connectivity index (χ0) is 18.7. The summed E-state index contributed by atoms with van der Waals surface area (Å²) in [5.41, 5.74) is 1.70. The van der Waals surface area contributed by atoms with E-state index >= 15 is 0 Å². The summed E-state index contributed by atoms with van der Waals surface area (Å²) < 4.78 is 14.3. The second-order valence-corrected chi connectivity index (χ2v) is 7.13. The van der Waals surface area contributed by atoms with E-state index in [2.05, 4.69) is 42.1 Å². The van der Waals surface area contributed by atoms with E-state index in [0.717, 1.165) is 20.1 Å². The Morgan fingerprint density at radius 3 is 1.73 bits per heavy atom. The number of aromatic nitrogens is 3. The van der Waals surface area contributed by atoms with Crippen molar-refractivity contribution in [2.75, 3.05) is 20.8 Å². The Morgan fingerprint density at radius 2 is 1.35 bits per heavy atom. The molecule has 0 saturated heterocycles.